The summed E-state index contributed by atoms with van der Waals surface area (Å²) < 4.78 is 0. The van der Waals surface area contributed by atoms with E-state index in [0.29, 0.717) is 0 Å². The van der Waals surface area contributed by atoms with Crippen molar-refractivity contribution in [2.24, 2.45) is 4.99 Å². The highest BCUT2D eigenvalue weighted by molar-refractivity contribution is 5.64. The molecule has 1 heterocycles. The van der Waals surface area contributed by atoms with Crippen molar-refractivity contribution in [1.82, 2.24) is 9.88 Å². The zero-order valence-electron chi connectivity index (χ0n) is 13.3. The van der Waals surface area contributed by atoms with Gasteiger partial charge in [-0.05, 0) is 55.7 Å². The van der Waals surface area contributed by atoms with Crippen molar-refractivity contribution in [2.45, 2.75) is 27.2 Å². The van der Waals surface area contributed by atoms with Gasteiger partial charge in [-0.25, -0.2) is 4.99 Å². The largest absolute Gasteiger partial charge is 0.366 e. The Bertz CT molecular complexity index is 618. The molecule has 0 spiro atoms. The lowest BCUT2D eigenvalue weighted by molar-refractivity contribution is 0.552. The molecular formula is C18H23N3. The van der Waals surface area contributed by atoms with Gasteiger partial charge in [-0.15, -0.1) is 0 Å². The molecule has 1 aromatic carbocycles. The Morgan fingerprint density at radius 1 is 1.19 bits per heavy atom. The summed E-state index contributed by atoms with van der Waals surface area (Å²) in [5, 5.41) is 0. The molecule has 0 N–H and O–H groups in total. The summed E-state index contributed by atoms with van der Waals surface area (Å²) in [7, 11) is 2.03. The number of pyridine rings is 1. The molecule has 110 valence electrons. The van der Waals surface area contributed by atoms with Crippen molar-refractivity contribution < 1.29 is 0 Å². The molecule has 0 radical (unpaired) electrons. The fourth-order valence-electron chi connectivity index (χ4n) is 2.13. The van der Waals surface area contributed by atoms with Gasteiger partial charge in [0.05, 0.1) is 12.0 Å². The van der Waals surface area contributed by atoms with E-state index in [1.54, 1.807) is 0 Å². The topological polar surface area (TPSA) is 28.5 Å². The van der Waals surface area contributed by atoms with Crippen molar-refractivity contribution in [3.8, 4) is 0 Å². The second-order valence-electron chi connectivity index (χ2n) is 5.38. The van der Waals surface area contributed by atoms with Crippen molar-refractivity contribution in [2.75, 3.05) is 13.6 Å². The fraction of sp³-hybridized carbons (Fsp3) is 0.333. The van der Waals surface area contributed by atoms with Gasteiger partial charge in [-0.3, -0.25) is 4.98 Å². The molecule has 0 amide bonds. The maximum atomic E-state index is 4.57. The minimum absolute atomic E-state index is 0.867. The number of rotatable bonds is 5. The molecule has 0 aliphatic carbocycles. The van der Waals surface area contributed by atoms with Gasteiger partial charge in [0, 0.05) is 31.9 Å². The first kappa shape index (κ1) is 15.2. The van der Waals surface area contributed by atoms with Crippen LogP contribution in [0.4, 0.5) is 5.69 Å². The van der Waals surface area contributed by atoms with Crippen LogP contribution >= 0.6 is 0 Å². The van der Waals surface area contributed by atoms with Crippen LogP contribution in [0.3, 0.4) is 0 Å². The monoisotopic (exact) mass is 281 g/mol. The first-order valence-corrected chi connectivity index (χ1v) is 7.34. The minimum atomic E-state index is 0.867. The third-order valence-corrected chi connectivity index (χ3v) is 3.64. The van der Waals surface area contributed by atoms with E-state index < -0.39 is 0 Å². The molecule has 2 aromatic rings. The van der Waals surface area contributed by atoms with E-state index in [1.165, 1.54) is 16.7 Å². The lowest BCUT2D eigenvalue weighted by atomic mass is 9.99. The van der Waals surface area contributed by atoms with Crippen molar-refractivity contribution in [3.05, 3.63) is 58.9 Å². The Hall–Kier alpha value is -2.16. The van der Waals surface area contributed by atoms with E-state index in [9.17, 15) is 0 Å². The second kappa shape index (κ2) is 7.02. The van der Waals surface area contributed by atoms with Gasteiger partial charge in [-0.2, -0.15) is 0 Å². The number of aliphatic imine (C=N–C) groups is 1. The Balaban J connectivity index is 2.23. The van der Waals surface area contributed by atoms with Gasteiger partial charge >= 0.3 is 0 Å². The van der Waals surface area contributed by atoms with E-state index in [4.69, 9.17) is 0 Å². The summed E-state index contributed by atoms with van der Waals surface area (Å²) in [6.07, 6.45) is 4.60. The number of aryl methyl sites for hydroxylation is 2. The number of hydrogen-bond donors (Lipinski definition) is 0. The van der Waals surface area contributed by atoms with Crippen molar-refractivity contribution >= 4 is 12.0 Å². The highest BCUT2D eigenvalue weighted by atomic mass is 15.1. The summed E-state index contributed by atoms with van der Waals surface area (Å²) in [5.41, 5.74) is 5.92. The summed E-state index contributed by atoms with van der Waals surface area (Å²) in [6, 6.07) is 10.4. The molecule has 2 rings (SSSR count). The summed E-state index contributed by atoms with van der Waals surface area (Å²) in [5.74, 6) is 0. The van der Waals surface area contributed by atoms with Gasteiger partial charge in [-0.1, -0.05) is 12.1 Å². The van der Waals surface area contributed by atoms with Gasteiger partial charge in [0.2, 0.25) is 0 Å². The number of hydrogen-bond acceptors (Lipinski definition) is 2. The second-order valence-corrected chi connectivity index (χ2v) is 5.38. The zero-order valence-corrected chi connectivity index (χ0v) is 13.3. The molecule has 0 saturated heterocycles. The van der Waals surface area contributed by atoms with Gasteiger partial charge in [0.15, 0.2) is 0 Å². The molecule has 0 unspecified atom stereocenters. The molecule has 3 heteroatoms. The molecular weight excluding hydrogens is 258 g/mol. The Morgan fingerprint density at radius 2 is 2.00 bits per heavy atom. The van der Waals surface area contributed by atoms with Gasteiger partial charge in [0.1, 0.15) is 0 Å². The molecule has 3 nitrogen and oxygen atoms in total. The first-order chi connectivity index (χ1) is 10.1. The SMILES string of the molecule is CCN(C)C=Nc1cc(C)c(Cc2ccccn2)cc1C. The third-order valence-electron chi connectivity index (χ3n) is 3.64. The van der Waals surface area contributed by atoms with E-state index in [1.807, 2.05) is 31.7 Å². The molecule has 21 heavy (non-hydrogen) atoms. The fourth-order valence-corrected chi connectivity index (χ4v) is 2.13. The molecule has 0 fully saturated rings. The summed E-state index contributed by atoms with van der Waals surface area (Å²) in [6.45, 7) is 7.32. The lowest BCUT2D eigenvalue weighted by Gasteiger charge is -2.11. The molecule has 0 atom stereocenters. The summed E-state index contributed by atoms with van der Waals surface area (Å²) in [4.78, 5) is 11.0. The molecule has 0 saturated carbocycles. The van der Waals surface area contributed by atoms with Crippen molar-refractivity contribution in [3.63, 3.8) is 0 Å². The maximum Gasteiger partial charge on any atom is 0.0909 e. The van der Waals surface area contributed by atoms with Crippen LogP contribution in [0.25, 0.3) is 0 Å². The van der Waals surface area contributed by atoms with Crippen LogP contribution in [0, 0.1) is 13.8 Å². The first-order valence-electron chi connectivity index (χ1n) is 7.34. The van der Waals surface area contributed by atoms with Crippen LogP contribution in [-0.4, -0.2) is 29.8 Å². The van der Waals surface area contributed by atoms with Crippen LogP contribution in [0.15, 0.2) is 41.5 Å². The van der Waals surface area contributed by atoms with E-state index in [-0.39, 0.29) is 0 Å². The number of benzene rings is 1. The zero-order chi connectivity index (χ0) is 15.2. The normalized spacial score (nSPS) is 11.0. The smallest absolute Gasteiger partial charge is 0.0909 e. The van der Waals surface area contributed by atoms with Crippen LogP contribution in [0.2, 0.25) is 0 Å². The number of nitrogens with zero attached hydrogens (tertiary/aromatic N) is 3. The van der Waals surface area contributed by atoms with Crippen LogP contribution in [-0.2, 0) is 6.42 Å². The van der Waals surface area contributed by atoms with Gasteiger partial charge < -0.3 is 4.90 Å². The molecule has 0 bridgehead atoms. The van der Waals surface area contributed by atoms with Crippen LogP contribution in [0.1, 0.15) is 29.3 Å². The average Bonchev–Trinajstić information content (AvgIpc) is 2.50. The van der Waals surface area contributed by atoms with E-state index >= 15 is 0 Å². The Labute approximate surface area is 127 Å². The third kappa shape index (κ3) is 4.15. The maximum absolute atomic E-state index is 4.57. The number of aromatic nitrogens is 1. The predicted molar refractivity (Wildman–Crippen MR) is 89.4 cm³/mol. The minimum Gasteiger partial charge on any atom is -0.366 e. The summed E-state index contributed by atoms with van der Waals surface area (Å²) >= 11 is 0. The molecule has 0 aliphatic rings. The van der Waals surface area contributed by atoms with E-state index in [2.05, 4.69) is 53.8 Å². The van der Waals surface area contributed by atoms with Gasteiger partial charge in [0.25, 0.3) is 0 Å². The van der Waals surface area contributed by atoms with E-state index in [0.717, 1.165) is 24.3 Å². The lowest BCUT2D eigenvalue weighted by Crippen LogP contribution is -2.14. The predicted octanol–water partition coefficient (Wildman–Crippen LogP) is 3.90. The Kier molecular flexibility index (Phi) is 5.09. The highest BCUT2D eigenvalue weighted by Gasteiger charge is 2.05. The standard InChI is InChI=1S/C18H23N3/c1-5-21(4)13-20-18-11-14(2)16(10-15(18)3)12-17-8-6-7-9-19-17/h6-11,13H,5,12H2,1-4H3. The quantitative estimate of drug-likeness (QED) is 0.614. The highest BCUT2D eigenvalue weighted by Crippen LogP contribution is 2.24. The van der Waals surface area contributed by atoms with Crippen LogP contribution in [0.5, 0.6) is 0 Å². The Morgan fingerprint density at radius 3 is 2.67 bits per heavy atom. The van der Waals surface area contributed by atoms with Crippen molar-refractivity contribution in [1.29, 1.82) is 0 Å². The molecule has 0 aliphatic heterocycles. The van der Waals surface area contributed by atoms with Crippen LogP contribution < -0.4 is 0 Å². The average molecular weight is 281 g/mol. The molecule has 1 aromatic heterocycles.